The SMILES string of the molecule is CCCCN(CCCC)C(=O)c1cc(C)n(-c2ccc(NS(=O)(=O)c3ccc(NC(C)=O)c(Cl)c3)cc2C(=O)N2Cc3ccccc3C[C@H]2CO)n1. The minimum Gasteiger partial charge on any atom is -0.394 e. The van der Waals surface area contributed by atoms with Gasteiger partial charge in [0.15, 0.2) is 5.69 Å². The molecule has 0 saturated carbocycles. The van der Waals surface area contributed by atoms with Gasteiger partial charge in [0, 0.05) is 37.9 Å². The summed E-state index contributed by atoms with van der Waals surface area (Å²) in [6, 6.07) is 17.4. The summed E-state index contributed by atoms with van der Waals surface area (Å²) in [4.78, 5) is 43.1. The van der Waals surface area contributed by atoms with Crippen LogP contribution in [-0.2, 0) is 27.8 Å². The van der Waals surface area contributed by atoms with Crippen LogP contribution in [0, 0.1) is 6.92 Å². The lowest BCUT2D eigenvalue weighted by Crippen LogP contribution is -2.46. The van der Waals surface area contributed by atoms with E-state index in [4.69, 9.17) is 16.7 Å². The highest BCUT2D eigenvalue weighted by Crippen LogP contribution is 2.31. The first kappa shape index (κ1) is 38.5. The van der Waals surface area contributed by atoms with Crippen LogP contribution >= 0.6 is 11.6 Å². The highest BCUT2D eigenvalue weighted by atomic mass is 35.5. The maximum atomic E-state index is 14.6. The van der Waals surface area contributed by atoms with Crippen molar-refractivity contribution in [3.05, 3.63) is 99.8 Å². The zero-order chi connectivity index (χ0) is 37.6. The Morgan fingerprint density at radius 2 is 1.67 bits per heavy atom. The number of nitrogens with zero attached hydrogens (tertiary/aromatic N) is 4. The fourth-order valence-electron chi connectivity index (χ4n) is 6.26. The molecule has 4 aromatic rings. The van der Waals surface area contributed by atoms with Gasteiger partial charge in [0.05, 0.1) is 39.5 Å². The first-order valence-electron chi connectivity index (χ1n) is 17.5. The van der Waals surface area contributed by atoms with Crippen LogP contribution < -0.4 is 10.0 Å². The molecule has 5 rings (SSSR count). The summed E-state index contributed by atoms with van der Waals surface area (Å²) in [5, 5.41) is 17.7. The standard InChI is InChI=1S/C38H45ClN6O6S/c1-5-7-17-43(18-8-6-2)38(49)35-19-25(3)45(41-35)36-16-13-29(42-52(50,51)31-14-15-34(33(39)22-31)40-26(4)47)21-32(36)37(48)44-23-28-12-10-9-11-27(28)20-30(44)24-46/h9-16,19,21-22,30,42,46H,5-8,17-18,20,23-24H2,1-4H3,(H,40,47)/t30-/m0/s1. The van der Waals surface area contributed by atoms with Gasteiger partial charge in [-0.2, -0.15) is 5.10 Å². The third-order valence-electron chi connectivity index (χ3n) is 9.05. The van der Waals surface area contributed by atoms with Crippen LogP contribution in [0.2, 0.25) is 5.02 Å². The molecule has 3 N–H and O–H groups in total. The molecule has 3 aromatic carbocycles. The summed E-state index contributed by atoms with van der Waals surface area (Å²) in [6.07, 6.45) is 4.05. The fraction of sp³-hybridized carbons (Fsp3) is 0.368. The molecule has 0 aliphatic carbocycles. The highest BCUT2D eigenvalue weighted by Gasteiger charge is 2.32. The Bertz CT molecular complexity index is 2060. The van der Waals surface area contributed by atoms with Crippen molar-refractivity contribution in [2.45, 2.75) is 77.3 Å². The number of benzene rings is 3. The van der Waals surface area contributed by atoms with E-state index in [1.54, 1.807) is 24.0 Å². The van der Waals surface area contributed by atoms with Crippen molar-refractivity contribution in [1.82, 2.24) is 19.6 Å². The Hall–Kier alpha value is -4.72. The van der Waals surface area contributed by atoms with Crippen molar-refractivity contribution in [3.63, 3.8) is 0 Å². The van der Waals surface area contributed by atoms with Gasteiger partial charge in [0.25, 0.3) is 21.8 Å². The average Bonchev–Trinajstić information content (AvgIpc) is 3.51. The Morgan fingerprint density at radius 3 is 2.31 bits per heavy atom. The van der Waals surface area contributed by atoms with Crippen LogP contribution in [0.4, 0.5) is 11.4 Å². The van der Waals surface area contributed by atoms with Gasteiger partial charge in [-0.05, 0) is 79.8 Å². The number of carbonyl (C=O) groups excluding carboxylic acids is 3. The topological polar surface area (TPSA) is 154 Å². The molecule has 0 unspecified atom stereocenters. The minimum absolute atomic E-state index is 0.0344. The average molecular weight is 749 g/mol. The van der Waals surface area contributed by atoms with E-state index in [-0.39, 0.29) is 57.5 Å². The van der Waals surface area contributed by atoms with Crippen LogP contribution in [0.1, 0.15) is 84.1 Å². The molecular weight excluding hydrogens is 704 g/mol. The van der Waals surface area contributed by atoms with Crippen LogP contribution in [0.3, 0.4) is 0 Å². The lowest BCUT2D eigenvalue weighted by molar-refractivity contribution is -0.114. The molecule has 1 aliphatic rings. The second-order valence-electron chi connectivity index (χ2n) is 13.0. The quantitative estimate of drug-likeness (QED) is 0.139. The monoisotopic (exact) mass is 748 g/mol. The number of rotatable bonds is 14. The number of aliphatic hydroxyl groups is 1. The van der Waals surface area contributed by atoms with Gasteiger partial charge in [-0.1, -0.05) is 62.6 Å². The van der Waals surface area contributed by atoms with E-state index in [9.17, 15) is 27.9 Å². The van der Waals surface area contributed by atoms with Crippen LogP contribution in [0.15, 0.2) is 71.6 Å². The molecule has 1 aliphatic heterocycles. The number of anilines is 2. The second kappa shape index (κ2) is 16.7. The molecule has 14 heteroatoms. The number of sulfonamides is 1. The van der Waals surface area contributed by atoms with Gasteiger partial charge >= 0.3 is 0 Å². The third-order valence-corrected chi connectivity index (χ3v) is 10.7. The number of amides is 3. The Kier molecular flexibility index (Phi) is 12.4. The largest absolute Gasteiger partial charge is 0.394 e. The van der Waals surface area contributed by atoms with Gasteiger partial charge in [-0.25, -0.2) is 13.1 Å². The number of fused-ring (bicyclic) bond motifs is 1. The van der Waals surface area contributed by atoms with E-state index in [0.29, 0.717) is 30.9 Å². The van der Waals surface area contributed by atoms with Crippen LogP contribution in [0.5, 0.6) is 0 Å². The molecule has 3 amide bonds. The van der Waals surface area contributed by atoms with E-state index < -0.39 is 22.0 Å². The number of unbranched alkanes of at least 4 members (excludes halogenated alkanes) is 2. The molecular formula is C38H45ClN6O6S. The van der Waals surface area contributed by atoms with Crippen molar-refractivity contribution in [3.8, 4) is 5.69 Å². The summed E-state index contributed by atoms with van der Waals surface area (Å²) in [6.45, 7) is 8.44. The number of nitrogens with one attached hydrogen (secondary N) is 2. The summed E-state index contributed by atoms with van der Waals surface area (Å²) in [7, 11) is -4.21. The number of aryl methyl sites for hydroxylation is 1. The lowest BCUT2D eigenvalue weighted by Gasteiger charge is -2.36. The van der Waals surface area contributed by atoms with Gasteiger partial charge in [0.1, 0.15) is 0 Å². The Balaban J connectivity index is 1.56. The smallest absolute Gasteiger partial charge is 0.274 e. The number of aromatic nitrogens is 2. The summed E-state index contributed by atoms with van der Waals surface area (Å²) in [5.74, 6) is -0.998. The molecule has 0 spiro atoms. The van der Waals surface area contributed by atoms with E-state index >= 15 is 0 Å². The molecule has 0 fully saturated rings. The predicted octanol–water partition coefficient (Wildman–Crippen LogP) is 6.20. The second-order valence-corrected chi connectivity index (χ2v) is 15.1. The Morgan fingerprint density at radius 1 is 0.981 bits per heavy atom. The first-order valence-corrected chi connectivity index (χ1v) is 19.3. The third kappa shape index (κ3) is 8.66. The summed E-state index contributed by atoms with van der Waals surface area (Å²) in [5.41, 5.74) is 3.66. The molecule has 1 atom stereocenters. The van der Waals surface area contributed by atoms with E-state index in [1.807, 2.05) is 29.2 Å². The zero-order valence-electron chi connectivity index (χ0n) is 29.9. The number of halogens is 1. The van der Waals surface area contributed by atoms with Crippen molar-refractivity contribution in [1.29, 1.82) is 0 Å². The Labute approximate surface area is 309 Å². The molecule has 1 aromatic heterocycles. The predicted molar refractivity (Wildman–Crippen MR) is 201 cm³/mol. The van der Waals surface area contributed by atoms with Gasteiger partial charge < -0.3 is 20.2 Å². The molecule has 12 nitrogen and oxygen atoms in total. The minimum atomic E-state index is -4.21. The maximum absolute atomic E-state index is 14.6. The first-order chi connectivity index (χ1) is 24.9. The van der Waals surface area contributed by atoms with Gasteiger partial charge in [-0.3, -0.25) is 19.1 Å². The zero-order valence-corrected chi connectivity index (χ0v) is 31.4. The van der Waals surface area contributed by atoms with Gasteiger partial charge in [-0.15, -0.1) is 0 Å². The van der Waals surface area contributed by atoms with Gasteiger partial charge in [0.2, 0.25) is 5.91 Å². The molecule has 0 bridgehead atoms. The summed E-state index contributed by atoms with van der Waals surface area (Å²) >= 11 is 6.28. The van der Waals surface area contributed by atoms with E-state index in [1.165, 1.54) is 41.9 Å². The molecule has 0 radical (unpaired) electrons. The molecule has 52 heavy (non-hydrogen) atoms. The van der Waals surface area contributed by atoms with E-state index in [0.717, 1.165) is 36.8 Å². The summed E-state index contributed by atoms with van der Waals surface area (Å²) < 4.78 is 31.2. The normalized spacial score (nSPS) is 14.1. The molecule has 0 saturated heterocycles. The fourth-order valence-corrected chi connectivity index (χ4v) is 7.63. The van der Waals surface area contributed by atoms with Crippen molar-refractivity contribution in [2.24, 2.45) is 0 Å². The maximum Gasteiger partial charge on any atom is 0.274 e. The van der Waals surface area contributed by atoms with Crippen LogP contribution in [0.25, 0.3) is 5.69 Å². The number of hydrogen-bond acceptors (Lipinski definition) is 7. The molecule has 276 valence electrons. The highest BCUT2D eigenvalue weighted by molar-refractivity contribution is 7.92. The van der Waals surface area contributed by atoms with Crippen LogP contribution in [-0.4, -0.2) is 76.6 Å². The lowest BCUT2D eigenvalue weighted by atomic mass is 9.93. The van der Waals surface area contributed by atoms with Crippen molar-refractivity contribution in [2.75, 3.05) is 29.7 Å². The van der Waals surface area contributed by atoms with E-state index in [2.05, 4.69) is 23.9 Å². The van der Waals surface area contributed by atoms with Crippen molar-refractivity contribution >= 4 is 50.7 Å². The number of aliphatic hydroxyl groups excluding tert-OH is 1. The molecule has 2 heterocycles. The number of carbonyl (C=O) groups is 3. The number of hydrogen-bond donors (Lipinski definition) is 3. The van der Waals surface area contributed by atoms with Crippen molar-refractivity contribution < 1.29 is 27.9 Å².